The molecule has 118 valence electrons. The van der Waals surface area contributed by atoms with Gasteiger partial charge in [0.25, 0.3) is 0 Å². The molecule has 2 atom stereocenters. The van der Waals surface area contributed by atoms with Crippen LogP contribution in [0.1, 0.15) is 32.3 Å². The molecule has 2 rings (SSSR count). The number of hydrogen-bond donors (Lipinski definition) is 1. The summed E-state index contributed by atoms with van der Waals surface area (Å²) in [5, 5.41) is 0. The van der Waals surface area contributed by atoms with Crippen molar-refractivity contribution in [1.82, 2.24) is 4.90 Å². The Morgan fingerprint density at radius 3 is 2.86 bits per heavy atom. The zero-order valence-electron chi connectivity index (χ0n) is 13.5. The van der Waals surface area contributed by atoms with Gasteiger partial charge in [-0.05, 0) is 63.5 Å². The van der Waals surface area contributed by atoms with Gasteiger partial charge in [0, 0.05) is 35.3 Å². The van der Waals surface area contributed by atoms with E-state index >= 15 is 0 Å². The lowest BCUT2D eigenvalue weighted by atomic mass is 10.0. The van der Waals surface area contributed by atoms with Crippen molar-refractivity contribution < 1.29 is 0 Å². The van der Waals surface area contributed by atoms with Gasteiger partial charge >= 0.3 is 0 Å². The number of rotatable bonds is 4. The molecule has 0 radical (unpaired) electrons. The summed E-state index contributed by atoms with van der Waals surface area (Å²) in [6, 6.07) is 7.42. The maximum atomic E-state index is 6.20. The number of benzene rings is 1. The van der Waals surface area contributed by atoms with Crippen molar-refractivity contribution in [1.29, 1.82) is 0 Å². The van der Waals surface area contributed by atoms with E-state index in [1.165, 1.54) is 24.2 Å². The summed E-state index contributed by atoms with van der Waals surface area (Å²) < 4.78 is 1.14. The summed E-state index contributed by atoms with van der Waals surface area (Å²) in [5.41, 5.74) is 8.94. The fourth-order valence-electron chi connectivity index (χ4n) is 3.15. The number of anilines is 1. The number of nitrogens with zero attached hydrogens (tertiary/aromatic N) is 2. The molecule has 0 aromatic heterocycles. The van der Waals surface area contributed by atoms with Crippen LogP contribution in [0.25, 0.3) is 0 Å². The van der Waals surface area contributed by atoms with Crippen molar-refractivity contribution >= 4 is 21.6 Å². The summed E-state index contributed by atoms with van der Waals surface area (Å²) >= 11 is 3.60. The van der Waals surface area contributed by atoms with E-state index in [0.717, 1.165) is 30.4 Å². The minimum absolute atomic E-state index is 0.239. The number of likely N-dealkylation sites (N-methyl/N-ethyl adjacent to an activating group) is 1. The first-order valence-corrected chi connectivity index (χ1v) is 8.79. The molecule has 1 aliphatic heterocycles. The second kappa shape index (κ2) is 7.61. The first kappa shape index (κ1) is 16.8. The van der Waals surface area contributed by atoms with Crippen LogP contribution in [0.3, 0.4) is 0 Å². The van der Waals surface area contributed by atoms with Crippen LogP contribution in [0.4, 0.5) is 5.69 Å². The van der Waals surface area contributed by atoms with Crippen LogP contribution in [-0.2, 0) is 6.42 Å². The summed E-state index contributed by atoms with van der Waals surface area (Å²) in [4.78, 5) is 4.99. The fourth-order valence-corrected chi connectivity index (χ4v) is 3.56. The van der Waals surface area contributed by atoms with E-state index in [9.17, 15) is 0 Å². The smallest absolute Gasteiger partial charge is 0.0403 e. The topological polar surface area (TPSA) is 32.5 Å². The molecule has 1 heterocycles. The Morgan fingerprint density at radius 1 is 1.38 bits per heavy atom. The van der Waals surface area contributed by atoms with Crippen molar-refractivity contribution in [2.24, 2.45) is 5.73 Å². The van der Waals surface area contributed by atoms with E-state index in [4.69, 9.17) is 5.73 Å². The molecule has 2 N–H and O–H groups in total. The molecule has 3 nitrogen and oxygen atoms in total. The molecule has 1 aromatic rings. The molecule has 1 fully saturated rings. The zero-order valence-corrected chi connectivity index (χ0v) is 15.1. The van der Waals surface area contributed by atoms with E-state index in [-0.39, 0.29) is 6.04 Å². The SMILES string of the molecule is CCC(N)Cc1cc(Br)ccc1N1CCCN(C)CC1C. The number of hydrogen-bond acceptors (Lipinski definition) is 3. The summed E-state index contributed by atoms with van der Waals surface area (Å²) in [6.45, 7) is 7.91. The second-order valence-corrected chi connectivity index (χ2v) is 7.22. The van der Waals surface area contributed by atoms with Crippen LogP contribution in [0.15, 0.2) is 22.7 Å². The molecule has 4 heteroatoms. The molecule has 2 unspecified atom stereocenters. The molecule has 1 saturated heterocycles. The van der Waals surface area contributed by atoms with Crippen molar-refractivity contribution in [3.63, 3.8) is 0 Å². The van der Waals surface area contributed by atoms with Gasteiger partial charge in [0.1, 0.15) is 0 Å². The van der Waals surface area contributed by atoms with E-state index in [1.54, 1.807) is 0 Å². The van der Waals surface area contributed by atoms with Crippen molar-refractivity contribution in [2.45, 2.75) is 45.2 Å². The highest BCUT2D eigenvalue weighted by Gasteiger charge is 2.22. The lowest BCUT2D eigenvalue weighted by Gasteiger charge is -2.32. The lowest BCUT2D eigenvalue weighted by Crippen LogP contribution is -2.38. The molecule has 1 aromatic carbocycles. The normalized spacial score (nSPS) is 22.1. The Hall–Kier alpha value is -0.580. The van der Waals surface area contributed by atoms with Crippen molar-refractivity contribution in [3.05, 3.63) is 28.2 Å². The highest BCUT2D eigenvalue weighted by atomic mass is 79.9. The maximum Gasteiger partial charge on any atom is 0.0403 e. The van der Waals surface area contributed by atoms with E-state index in [2.05, 4.69) is 64.8 Å². The Labute approximate surface area is 137 Å². The average molecular weight is 354 g/mol. The maximum absolute atomic E-state index is 6.20. The van der Waals surface area contributed by atoms with Gasteiger partial charge in [-0.15, -0.1) is 0 Å². The van der Waals surface area contributed by atoms with Crippen LogP contribution in [0, 0.1) is 0 Å². The molecular formula is C17H28BrN3. The Balaban J connectivity index is 2.28. The molecule has 21 heavy (non-hydrogen) atoms. The third-order valence-electron chi connectivity index (χ3n) is 4.40. The second-order valence-electron chi connectivity index (χ2n) is 6.30. The van der Waals surface area contributed by atoms with Gasteiger partial charge in [-0.1, -0.05) is 22.9 Å². The first-order chi connectivity index (χ1) is 10.0. The van der Waals surface area contributed by atoms with Crippen molar-refractivity contribution in [2.75, 3.05) is 31.6 Å². The Kier molecular flexibility index (Phi) is 6.08. The summed E-state index contributed by atoms with van der Waals surface area (Å²) in [5.74, 6) is 0. The predicted octanol–water partition coefficient (Wildman–Crippen LogP) is 3.26. The average Bonchev–Trinajstić information content (AvgIpc) is 2.60. The Morgan fingerprint density at radius 2 is 2.14 bits per heavy atom. The predicted molar refractivity (Wildman–Crippen MR) is 95.0 cm³/mol. The van der Waals surface area contributed by atoms with Crippen LogP contribution in [0.2, 0.25) is 0 Å². The van der Waals surface area contributed by atoms with Gasteiger partial charge in [-0.2, -0.15) is 0 Å². The van der Waals surface area contributed by atoms with Gasteiger partial charge in [0.05, 0.1) is 0 Å². The molecule has 0 aliphatic carbocycles. The van der Waals surface area contributed by atoms with Gasteiger partial charge in [0.2, 0.25) is 0 Å². The van der Waals surface area contributed by atoms with Crippen LogP contribution < -0.4 is 10.6 Å². The van der Waals surface area contributed by atoms with Gasteiger partial charge < -0.3 is 15.5 Å². The molecule has 0 spiro atoms. The summed E-state index contributed by atoms with van der Waals surface area (Å²) in [6.07, 6.45) is 3.19. The minimum Gasteiger partial charge on any atom is -0.367 e. The standard InChI is InChI=1S/C17H28BrN3/c1-4-16(19)11-14-10-15(18)6-7-17(14)21-9-5-8-20(3)12-13(21)2/h6-7,10,13,16H,4-5,8-9,11-12,19H2,1-3H3. The monoisotopic (exact) mass is 353 g/mol. The third-order valence-corrected chi connectivity index (χ3v) is 4.90. The number of nitrogens with two attached hydrogens (primary N) is 1. The van der Waals surface area contributed by atoms with Gasteiger partial charge in [0.15, 0.2) is 0 Å². The van der Waals surface area contributed by atoms with Gasteiger partial charge in [-0.3, -0.25) is 0 Å². The Bertz CT molecular complexity index is 463. The molecular weight excluding hydrogens is 326 g/mol. The van der Waals surface area contributed by atoms with Crippen LogP contribution >= 0.6 is 15.9 Å². The van der Waals surface area contributed by atoms with Gasteiger partial charge in [-0.25, -0.2) is 0 Å². The number of halogens is 1. The molecule has 0 amide bonds. The van der Waals surface area contributed by atoms with Crippen LogP contribution in [0.5, 0.6) is 0 Å². The molecule has 0 saturated carbocycles. The van der Waals surface area contributed by atoms with E-state index in [1.807, 2.05) is 0 Å². The first-order valence-electron chi connectivity index (χ1n) is 8.00. The zero-order chi connectivity index (χ0) is 15.4. The third kappa shape index (κ3) is 4.44. The van der Waals surface area contributed by atoms with E-state index in [0.29, 0.717) is 6.04 Å². The van der Waals surface area contributed by atoms with Crippen molar-refractivity contribution in [3.8, 4) is 0 Å². The minimum atomic E-state index is 0.239. The quantitative estimate of drug-likeness (QED) is 0.901. The highest BCUT2D eigenvalue weighted by molar-refractivity contribution is 9.10. The van der Waals surface area contributed by atoms with Crippen LogP contribution in [-0.4, -0.2) is 43.7 Å². The molecule has 1 aliphatic rings. The highest BCUT2D eigenvalue weighted by Crippen LogP contribution is 2.28. The fraction of sp³-hybridized carbons (Fsp3) is 0.647. The largest absolute Gasteiger partial charge is 0.367 e. The van der Waals surface area contributed by atoms with E-state index < -0.39 is 0 Å². The lowest BCUT2D eigenvalue weighted by molar-refractivity contribution is 0.337. The molecule has 0 bridgehead atoms. The summed E-state index contributed by atoms with van der Waals surface area (Å²) in [7, 11) is 2.22.